The van der Waals surface area contributed by atoms with E-state index in [1.807, 2.05) is 0 Å². The van der Waals surface area contributed by atoms with Crippen LogP contribution in [-0.2, 0) is 6.42 Å². The van der Waals surface area contributed by atoms with E-state index < -0.39 is 4.92 Å². The SMILES string of the molecule is COc1cc(Cc2nc3s/c(=C\c4cc([N+](=O)[O-])ccc4Cl)c(=O)n3n2)cc(OC)c1OC. The molecule has 0 spiro atoms. The van der Waals surface area contributed by atoms with Gasteiger partial charge in [-0.15, -0.1) is 5.10 Å². The fourth-order valence-electron chi connectivity index (χ4n) is 3.27. The molecule has 0 saturated heterocycles. The fourth-order valence-corrected chi connectivity index (χ4v) is 4.36. The second kappa shape index (κ2) is 9.04. The van der Waals surface area contributed by atoms with Crippen molar-refractivity contribution in [2.24, 2.45) is 0 Å². The average molecular weight is 489 g/mol. The van der Waals surface area contributed by atoms with Gasteiger partial charge >= 0.3 is 0 Å². The number of non-ortho nitro benzene ring substituents is 1. The second-order valence-corrected chi connectivity index (χ2v) is 8.23. The van der Waals surface area contributed by atoms with Gasteiger partial charge in [0.05, 0.1) is 30.8 Å². The smallest absolute Gasteiger partial charge is 0.291 e. The lowest BCUT2D eigenvalue weighted by atomic mass is 10.1. The highest BCUT2D eigenvalue weighted by Crippen LogP contribution is 2.38. The monoisotopic (exact) mass is 488 g/mol. The van der Waals surface area contributed by atoms with E-state index in [1.54, 1.807) is 12.1 Å². The van der Waals surface area contributed by atoms with Crippen molar-refractivity contribution in [1.29, 1.82) is 0 Å². The summed E-state index contributed by atoms with van der Waals surface area (Å²) in [5, 5.41) is 15.6. The van der Waals surface area contributed by atoms with Crippen LogP contribution in [0.1, 0.15) is 17.0 Å². The topological polar surface area (TPSA) is 118 Å². The van der Waals surface area contributed by atoms with Gasteiger partial charge in [-0.25, -0.2) is 4.98 Å². The molecule has 0 aliphatic heterocycles. The van der Waals surface area contributed by atoms with Crippen molar-refractivity contribution in [3.63, 3.8) is 0 Å². The maximum Gasteiger partial charge on any atom is 0.291 e. The number of halogens is 1. The zero-order valence-electron chi connectivity index (χ0n) is 17.7. The van der Waals surface area contributed by atoms with Gasteiger partial charge in [0.2, 0.25) is 10.7 Å². The number of methoxy groups -OCH3 is 3. The van der Waals surface area contributed by atoms with E-state index in [-0.39, 0.29) is 11.2 Å². The number of benzene rings is 2. The van der Waals surface area contributed by atoms with E-state index >= 15 is 0 Å². The molecule has 0 aliphatic carbocycles. The third-order valence-corrected chi connectivity index (χ3v) is 6.09. The second-order valence-electron chi connectivity index (χ2n) is 6.81. The van der Waals surface area contributed by atoms with E-state index in [2.05, 4.69) is 10.1 Å². The van der Waals surface area contributed by atoms with Gasteiger partial charge in [0.1, 0.15) is 0 Å². The van der Waals surface area contributed by atoms with Crippen molar-refractivity contribution in [3.8, 4) is 17.2 Å². The minimum Gasteiger partial charge on any atom is -0.493 e. The summed E-state index contributed by atoms with van der Waals surface area (Å²) in [7, 11) is 4.58. The molecule has 12 heteroatoms. The summed E-state index contributed by atoms with van der Waals surface area (Å²) in [5.41, 5.74) is 0.668. The molecule has 0 N–H and O–H groups in total. The maximum absolute atomic E-state index is 12.8. The summed E-state index contributed by atoms with van der Waals surface area (Å²) < 4.78 is 17.6. The molecule has 4 aromatic rings. The number of hydrogen-bond acceptors (Lipinski definition) is 9. The lowest BCUT2D eigenvalue weighted by Crippen LogP contribution is -2.23. The number of fused-ring (bicyclic) bond motifs is 1. The Kier molecular flexibility index (Phi) is 6.16. The van der Waals surface area contributed by atoms with E-state index in [1.165, 1.54) is 50.1 Å². The van der Waals surface area contributed by atoms with Gasteiger partial charge in [0.25, 0.3) is 11.2 Å². The first-order valence-corrected chi connectivity index (χ1v) is 10.7. The van der Waals surface area contributed by atoms with Gasteiger partial charge < -0.3 is 14.2 Å². The number of aromatic nitrogens is 3. The quantitative estimate of drug-likeness (QED) is 0.288. The van der Waals surface area contributed by atoms with Gasteiger partial charge in [0.15, 0.2) is 17.3 Å². The van der Waals surface area contributed by atoms with Gasteiger partial charge in [0, 0.05) is 29.1 Å². The Morgan fingerprint density at radius 3 is 2.42 bits per heavy atom. The zero-order chi connectivity index (χ0) is 23.7. The minimum atomic E-state index is -0.524. The number of hydrogen-bond donors (Lipinski definition) is 0. The van der Waals surface area contributed by atoms with Crippen LogP contribution in [-0.4, -0.2) is 40.9 Å². The third kappa shape index (κ3) is 4.32. The first-order valence-electron chi connectivity index (χ1n) is 9.47. The molecule has 170 valence electrons. The van der Waals surface area contributed by atoms with Crippen LogP contribution in [0.3, 0.4) is 0 Å². The lowest BCUT2D eigenvalue weighted by Gasteiger charge is -2.13. The Morgan fingerprint density at radius 2 is 1.85 bits per heavy atom. The molecule has 0 atom stereocenters. The summed E-state index contributed by atoms with van der Waals surface area (Å²) >= 11 is 7.26. The first kappa shape index (κ1) is 22.5. The minimum absolute atomic E-state index is 0.120. The van der Waals surface area contributed by atoms with E-state index in [0.717, 1.165) is 16.9 Å². The molecule has 10 nitrogen and oxygen atoms in total. The van der Waals surface area contributed by atoms with Crippen LogP contribution in [0, 0.1) is 10.1 Å². The van der Waals surface area contributed by atoms with Crippen molar-refractivity contribution in [2.75, 3.05) is 21.3 Å². The third-order valence-electron chi connectivity index (χ3n) is 4.79. The number of nitro groups is 1. The molecule has 2 aromatic carbocycles. The van der Waals surface area contributed by atoms with Crippen LogP contribution in [0.15, 0.2) is 35.1 Å². The molecule has 2 aromatic heterocycles. The Hall–Kier alpha value is -3.70. The molecule has 0 amide bonds. The van der Waals surface area contributed by atoms with Crippen LogP contribution in [0.2, 0.25) is 5.02 Å². The van der Waals surface area contributed by atoms with Crippen molar-refractivity contribution in [2.45, 2.75) is 6.42 Å². The highest BCUT2D eigenvalue weighted by molar-refractivity contribution is 7.15. The molecular weight excluding hydrogens is 472 g/mol. The predicted octanol–water partition coefficient (Wildman–Crippen LogP) is 2.88. The summed E-state index contributed by atoms with van der Waals surface area (Å²) in [4.78, 5) is 28.2. The van der Waals surface area contributed by atoms with Crippen LogP contribution in [0.5, 0.6) is 17.2 Å². The molecule has 0 saturated carbocycles. The van der Waals surface area contributed by atoms with Crippen LogP contribution >= 0.6 is 22.9 Å². The summed E-state index contributed by atoms with van der Waals surface area (Å²) in [5.74, 6) is 1.92. The van der Waals surface area contributed by atoms with Crippen LogP contribution in [0.25, 0.3) is 11.0 Å². The molecule has 0 fully saturated rings. The largest absolute Gasteiger partial charge is 0.493 e. The van der Waals surface area contributed by atoms with Gasteiger partial charge in [-0.3, -0.25) is 14.9 Å². The van der Waals surface area contributed by atoms with Crippen molar-refractivity contribution >= 4 is 39.7 Å². The van der Waals surface area contributed by atoms with E-state index in [9.17, 15) is 14.9 Å². The number of rotatable bonds is 7. The summed E-state index contributed by atoms with van der Waals surface area (Å²) in [6.07, 6.45) is 1.83. The Balaban J connectivity index is 1.70. The highest BCUT2D eigenvalue weighted by Gasteiger charge is 2.16. The van der Waals surface area contributed by atoms with Crippen molar-refractivity contribution in [1.82, 2.24) is 14.6 Å². The summed E-state index contributed by atoms with van der Waals surface area (Å²) in [6.45, 7) is 0. The standard InChI is InChI=1S/C21H17ClN4O6S/c1-30-15-6-11(7-16(31-2)19(15)32-3)8-18-23-21-25(24-18)20(27)17(33-21)10-12-9-13(26(28)29)4-5-14(12)22/h4-7,9-10H,8H2,1-3H3/b17-10-. The predicted molar refractivity (Wildman–Crippen MR) is 123 cm³/mol. The molecule has 33 heavy (non-hydrogen) atoms. The number of thiazole rings is 1. The number of nitro benzene ring substituents is 1. The normalized spacial score (nSPS) is 11.7. The van der Waals surface area contributed by atoms with E-state index in [4.69, 9.17) is 25.8 Å². The van der Waals surface area contributed by atoms with Crippen LogP contribution < -0.4 is 24.3 Å². The van der Waals surface area contributed by atoms with Crippen molar-refractivity contribution in [3.05, 3.63) is 77.3 Å². The first-order chi connectivity index (χ1) is 15.8. The molecule has 0 aliphatic rings. The molecule has 0 radical (unpaired) electrons. The molecule has 2 heterocycles. The van der Waals surface area contributed by atoms with E-state index in [0.29, 0.717) is 49.6 Å². The van der Waals surface area contributed by atoms with Crippen LogP contribution in [0.4, 0.5) is 5.69 Å². The summed E-state index contributed by atoms with van der Waals surface area (Å²) in [6, 6.07) is 7.61. The Morgan fingerprint density at radius 1 is 1.15 bits per heavy atom. The van der Waals surface area contributed by atoms with Crippen molar-refractivity contribution < 1.29 is 19.1 Å². The Labute approximate surface area is 195 Å². The average Bonchev–Trinajstić information content (AvgIpc) is 3.32. The Bertz CT molecular complexity index is 1460. The number of ether oxygens (including phenoxy) is 3. The molecule has 4 rings (SSSR count). The van der Waals surface area contributed by atoms with Gasteiger partial charge in [-0.05, 0) is 29.8 Å². The lowest BCUT2D eigenvalue weighted by molar-refractivity contribution is -0.384. The van der Waals surface area contributed by atoms with Gasteiger partial charge in [-0.2, -0.15) is 4.52 Å². The molecule has 0 bridgehead atoms. The highest BCUT2D eigenvalue weighted by atomic mass is 35.5. The fraction of sp³-hybridized carbons (Fsp3) is 0.190. The zero-order valence-corrected chi connectivity index (χ0v) is 19.3. The van der Waals surface area contributed by atoms with Gasteiger partial charge in [-0.1, -0.05) is 22.9 Å². The molecule has 0 unspecified atom stereocenters. The maximum atomic E-state index is 12.8. The number of nitrogens with zero attached hydrogens (tertiary/aromatic N) is 4. The molecular formula is C21H17ClN4O6S.